The number of aromatic hydroxyl groups is 2. The van der Waals surface area contributed by atoms with Gasteiger partial charge in [0.25, 0.3) is 5.91 Å². The third-order valence-electron chi connectivity index (χ3n) is 13.1. The lowest BCUT2D eigenvalue weighted by molar-refractivity contribution is -0.392. The lowest BCUT2D eigenvalue weighted by Crippen LogP contribution is -2.71. The number of rotatable bonds is 9. The van der Waals surface area contributed by atoms with E-state index in [1.807, 2.05) is 0 Å². The third kappa shape index (κ3) is 8.54. The topological polar surface area (TPSA) is 396 Å². The number of fused-ring (bicyclic) bond motifs is 4. The molecule has 3 amide bonds. The summed E-state index contributed by atoms with van der Waals surface area (Å²) in [4.78, 5) is 91.1. The summed E-state index contributed by atoms with van der Waals surface area (Å²) in [6.45, 7) is 6.68. The molecule has 0 spiro atoms. The summed E-state index contributed by atoms with van der Waals surface area (Å²) < 4.78 is 0.713. The third-order valence-corrected chi connectivity index (χ3v) is 14.6. The van der Waals surface area contributed by atoms with Crippen LogP contribution in [0, 0.1) is 28.9 Å². The SMILES string of the molecule is CC1(C)S[C@@H]2[C@H](NC(=O)[C@H](N)c3ccc(O)cc3)C(=O)N2[C@H]1C(=O)O.CN(C)[C@@H]1C(=O)C(C(N)=O)=C(O)[C@@]2(O)C(=O)C3=C(O)c4c(O)cccc4[C@@](C)(O)[C@H]3C[C@@H]12.Cc1ncc([N+](=O)[O-])n1CCO. The van der Waals surface area contributed by atoms with Crippen LogP contribution in [0.3, 0.4) is 0 Å². The summed E-state index contributed by atoms with van der Waals surface area (Å²) >= 11 is 1.35. The van der Waals surface area contributed by atoms with Crippen molar-refractivity contribution in [2.24, 2.45) is 23.3 Å². The Balaban J connectivity index is 0.000000187. The minimum Gasteiger partial charge on any atom is -0.508 e. The fourth-order valence-corrected chi connectivity index (χ4v) is 11.3. The van der Waals surface area contributed by atoms with Crippen molar-refractivity contribution in [3.05, 3.63) is 98.2 Å². The Morgan fingerprint density at radius 3 is 2.22 bits per heavy atom. The molecule has 370 valence electrons. The summed E-state index contributed by atoms with van der Waals surface area (Å²) in [5.41, 5.74) is 5.86. The van der Waals surface area contributed by atoms with Gasteiger partial charge in [-0.25, -0.2) is 14.3 Å². The molecule has 1 aromatic heterocycles. The molecule has 3 aromatic rings. The van der Waals surface area contributed by atoms with Gasteiger partial charge in [0.1, 0.15) is 64.8 Å². The largest absolute Gasteiger partial charge is 0.508 e. The van der Waals surface area contributed by atoms with E-state index in [1.54, 1.807) is 20.8 Å². The number of phenolic OH excluding ortho intramolecular Hbond substituents is 2. The maximum Gasteiger partial charge on any atom is 0.342 e. The van der Waals surface area contributed by atoms with E-state index in [-0.39, 0.29) is 42.3 Å². The maximum atomic E-state index is 13.7. The molecule has 2 aromatic carbocycles. The number of aliphatic hydroxyl groups excluding tert-OH is 3. The number of nitrogens with two attached hydrogens (primary N) is 2. The number of hydrogen-bond acceptors (Lipinski definition) is 19. The molecule has 5 aliphatic rings. The van der Waals surface area contributed by atoms with Crippen LogP contribution >= 0.6 is 11.8 Å². The van der Waals surface area contributed by atoms with Gasteiger partial charge in [0.05, 0.1) is 23.8 Å². The number of ketones is 2. The number of thioether (sulfide) groups is 1. The second-order valence-electron chi connectivity index (χ2n) is 17.9. The standard InChI is InChI=1S/C22H24N2O8.C16H19N3O5S.C6H9N3O3/c1-21(31)8-5-4-6-11(25)12(8)16(26)13-9(21)7-10-15(24(2)3)17(27)14(20(23)30)19(29)22(10,32)18(13)28;1-16(2)11(15(23)24)19-13(22)10(14(19)25-16)18-12(21)9(17)7-3-5-8(20)6-4-7;1-5-7-4-6(9(11)12)8(5)2-3-10/h4-6,9-10,15,25-26,29,31-32H,7H2,1-3H3,(H2,23,30);3-6,9-11,14,20H,17H2,1-2H3,(H,18,21)(H,23,24);4,10H,2-3H2,1H3/t9-,10-,15-,21+,22-;9-,10-,11+,14-;/m01./s1. The monoisotopic (exact) mass is 980 g/mol. The minimum atomic E-state index is -2.75. The number of aliphatic carboxylic acids is 1. The van der Waals surface area contributed by atoms with E-state index in [9.17, 15) is 74.6 Å². The highest BCUT2D eigenvalue weighted by atomic mass is 32.2. The quantitative estimate of drug-likeness (QED) is 0.0570. The van der Waals surface area contributed by atoms with Gasteiger partial charge in [-0.1, -0.05) is 24.3 Å². The van der Waals surface area contributed by atoms with Crippen molar-refractivity contribution in [2.75, 3.05) is 20.7 Å². The first-order valence-corrected chi connectivity index (χ1v) is 22.0. The second kappa shape index (κ2) is 18.5. The Kier molecular flexibility index (Phi) is 13.8. The Morgan fingerprint density at radius 1 is 1.04 bits per heavy atom. The van der Waals surface area contributed by atoms with Crippen molar-refractivity contribution in [1.82, 2.24) is 24.7 Å². The Morgan fingerprint density at radius 2 is 1.67 bits per heavy atom. The molecule has 0 radical (unpaired) electrons. The van der Waals surface area contributed by atoms with Crippen molar-refractivity contribution in [1.29, 1.82) is 0 Å². The van der Waals surface area contributed by atoms with E-state index >= 15 is 0 Å². The minimum absolute atomic E-state index is 0.0606. The number of nitrogens with one attached hydrogen (secondary N) is 1. The first-order valence-electron chi connectivity index (χ1n) is 21.1. The van der Waals surface area contributed by atoms with Gasteiger partial charge in [0, 0.05) is 29.1 Å². The van der Waals surface area contributed by atoms with Crippen molar-refractivity contribution in [3.8, 4) is 11.5 Å². The zero-order valence-electron chi connectivity index (χ0n) is 37.9. The highest BCUT2D eigenvalue weighted by Gasteiger charge is 2.67. The van der Waals surface area contributed by atoms with Crippen LogP contribution in [0.5, 0.6) is 11.5 Å². The van der Waals surface area contributed by atoms with Crippen LogP contribution in [0.25, 0.3) is 5.76 Å². The van der Waals surface area contributed by atoms with E-state index < -0.39 is 126 Å². The van der Waals surface area contributed by atoms with Crippen LogP contribution < -0.4 is 16.8 Å². The second-order valence-corrected chi connectivity index (χ2v) is 19.7. The van der Waals surface area contributed by atoms with Gasteiger partial charge in [-0.05, 0) is 75.5 Å². The molecular formula is C44H52N8O16S. The number of hydrogen-bond donors (Lipinski definition) is 11. The van der Waals surface area contributed by atoms with Crippen molar-refractivity contribution in [2.45, 2.75) is 86.2 Å². The van der Waals surface area contributed by atoms with Crippen LogP contribution in [-0.2, 0) is 40.9 Å². The number of carbonyl (C=O) groups excluding carboxylic acids is 5. The van der Waals surface area contributed by atoms with Crippen LogP contribution in [0.2, 0.25) is 0 Å². The van der Waals surface area contributed by atoms with Gasteiger partial charge in [0.2, 0.25) is 17.6 Å². The van der Waals surface area contributed by atoms with Gasteiger partial charge < -0.3 is 72.7 Å². The van der Waals surface area contributed by atoms with Gasteiger partial charge >= 0.3 is 11.8 Å². The zero-order valence-corrected chi connectivity index (χ0v) is 38.7. The highest BCUT2D eigenvalue weighted by Crippen LogP contribution is 2.57. The number of aryl methyl sites for hydroxylation is 1. The fraction of sp³-hybridized carbons (Fsp3) is 0.432. The molecule has 1 saturated carbocycles. The number of amides is 3. The number of carboxylic acids is 1. The van der Waals surface area contributed by atoms with Crippen LogP contribution in [0.1, 0.15) is 55.7 Å². The van der Waals surface area contributed by atoms with Crippen LogP contribution in [0.15, 0.2) is 65.6 Å². The van der Waals surface area contributed by atoms with E-state index in [1.165, 1.54) is 95.8 Å². The number of aliphatic hydroxyl groups is 5. The summed E-state index contributed by atoms with van der Waals surface area (Å²) in [7, 11) is 3.01. The van der Waals surface area contributed by atoms with Crippen LogP contribution in [-0.4, -0.2) is 155 Å². The molecule has 13 N–H and O–H groups in total. The number of aromatic nitrogens is 2. The average Bonchev–Trinajstić information content (AvgIpc) is 3.76. The molecule has 9 atom stereocenters. The number of phenols is 2. The molecule has 2 saturated heterocycles. The number of likely N-dealkylation sites (N-methyl/N-ethyl adjacent to an activating group) is 1. The summed E-state index contributed by atoms with van der Waals surface area (Å²) in [6.07, 6.45) is 0.986. The molecule has 2 aliphatic heterocycles. The Bertz CT molecular complexity index is 2720. The van der Waals surface area contributed by atoms with E-state index in [4.69, 9.17) is 16.6 Å². The van der Waals surface area contributed by atoms with Gasteiger partial charge in [0.15, 0.2) is 17.2 Å². The van der Waals surface area contributed by atoms with Gasteiger partial charge in [-0.15, -0.1) is 11.8 Å². The molecule has 25 heteroatoms. The van der Waals surface area contributed by atoms with E-state index in [0.29, 0.717) is 11.4 Å². The van der Waals surface area contributed by atoms with Gasteiger partial charge in [-0.2, -0.15) is 0 Å². The molecule has 8 rings (SSSR count). The molecule has 3 heterocycles. The Hall–Kier alpha value is -6.90. The summed E-state index contributed by atoms with van der Waals surface area (Å²) in [5, 5.41) is 94.7. The zero-order chi connectivity index (χ0) is 51.6. The molecule has 0 unspecified atom stereocenters. The average molecular weight is 981 g/mol. The number of Topliss-reactive ketones (excluding diaryl/α,β-unsaturated/α-hetero) is 2. The Labute approximate surface area is 396 Å². The summed E-state index contributed by atoms with van der Waals surface area (Å²) in [5.74, 6) is -9.38. The number of β-lactam (4-membered cyclic amide) rings is 1. The van der Waals surface area contributed by atoms with E-state index in [2.05, 4.69) is 10.3 Å². The molecule has 69 heavy (non-hydrogen) atoms. The lowest BCUT2D eigenvalue weighted by Gasteiger charge is -2.53. The number of carboxylic acid groups (broad SMARTS) is 1. The normalized spacial score (nSPS) is 27.9. The number of nitrogens with zero attached hydrogens (tertiary/aromatic N) is 5. The summed E-state index contributed by atoms with van der Waals surface area (Å²) in [6, 6.07) is 6.22. The number of primary amides is 1. The molecular weight excluding hydrogens is 929 g/mol. The van der Waals surface area contributed by atoms with Gasteiger partial charge in [-0.3, -0.25) is 28.9 Å². The van der Waals surface area contributed by atoms with Crippen molar-refractivity contribution >= 4 is 58.6 Å². The fourth-order valence-electron chi connectivity index (χ4n) is 9.70. The van der Waals surface area contributed by atoms with Crippen molar-refractivity contribution < 1.29 is 74.5 Å². The molecule has 3 aliphatic carbocycles. The number of benzene rings is 2. The molecule has 3 fully saturated rings. The predicted molar refractivity (Wildman–Crippen MR) is 242 cm³/mol. The highest BCUT2D eigenvalue weighted by molar-refractivity contribution is 8.01. The first kappa shape index (κ1) is 51.5. The smallest absolute Gasteiger partial charge is 0.342 e. The first-order chi connectivity index (χ1) is 32.1. The number of nitro groups is 1. The number of carbonyl (C=O) groups is 6. The maximum absolute atomic E-state index is 13.7. The molecule has 24 nitrogen and oxygen atoms in total. The van der Waals surface area contributed by atoms with Crippen molar-refractivity contribution in [3.63, 3.8) is 0 Å². The van der Waals surface area contributed by atoms with E-state index in [0.717, 1.165) is 0 Å². The number of imidazole rings is 1. The molecule has 0 bridgehead atoms. The van der Waals surface area contributed by atoms with Crippen LogP contribution in [0.4, 0.5) is 5.82 Å². The predicted octanol–water partition coefficient (Wildman–Crippen LogP) is -0.255. The lowest BCUT2D eigenvalue weighted by atomic mass is 9.54.